The molecule has 148 valence electrons. The third-order valence-corrected chi connectivity index (χ3v) is 5.01. The van der Waals surface area contributed by atoms with Gasteiger partial charge in [-0.3, -0.25) is 19.8 Å². The molecule has 8 heteroatoms. The third kappa shape index (κ3) is 4.58. The predicted molar refractivity (Wildman–Crippen MR) is 108 cm³/mol. The van der Waals surface area contributed by atoms with Crippen LogP contribution in [0.3, 0.4) is 0 Å². The number of carbonyl (C=O) groups is 1. The molecule has 28 heavy (non-hydrogen) atoms. The van der Waals surface area contributed by atoms with Gasteiger partial charge in [0.1, 0.15) is 5.75 Å². The average molecular weight is 384 g/mol. The van der Waals surface area contributed by atoms with E-state index in [4.69, 9.17) is 4.74 Å². The highest BCUT2D eigenvalue weighted by molar-refractivity contribution is 5.94. The summed E-state index contributed by atoms with van der Waals surface area (Å²) in [4.78, 5) is 27.2. The Balaban J connectivity index is 1.54. The first-order valence-corrected chi connectivity index (χ1v) is 9.16. The van der Waals surface area contributed by atoms with Gasteiger partial charge in [-0.2, -0.15) is 0 Å². The van der Waals surface area contributed by atoms with Crippen LogP contribution in [0.15, 0.2) is 48.5 Å². The summed E-state index contributed by atoms with van der Waals surface area (Å²) < 4.78 is 5.29. The number of carbonyl (C=O) groups excluding carboxylic acids is 1. The Morgan fingerprint density at radius 3 is 2.43 bits per heavy atom. The molecule has 1 aliphatic rings. The minimum Gasteiger partial charge on any atom is -0.497 e. The summed E-state index contributed by atoms with van der Waals surface area (Å²) in [6.45, 7) is 5.06. The lowest BCUT2D eigenvalue weighted by Crippen LogP contribution is -2.52. The van der Waals surface area contributed by atoms with Crippen molar-refractivity contribution in [1.29, 1.82) is 0 Å². The monoisotopic (exact) mass is 384 g/mol. The zero-order valence-electron chi connectivity index (χ0n) is 16.0. The molecule has 8 nitrogen and oxygen atoms in total. The van der Waals surface area contributed by atoms with E-state index >= 15 is 0 Å². The summed E-state index contributed by atoms with van der Waals surface area (Å²) in [5.41, 5.74) is 1.67. The number of nitro benzene ring substituents is 1. The molecule has 0 spiro atoms. The largest absolute Gasteiger partial charge is 0.497 e. The Labute approximate surface area is 163 Å². The van der Waals surface area contributed by atoms with Crippen LogP contribution < -0.4 is 15.0 Å². The summed E-state index contributed by atoms with van der Waals surface area (Å²) in [6.07, 6.45) is 0. The molecule has 1 fully saturated rings. The molecule has 0 radical (unpaired) electrons. The summed E-state index contributed by atoms with van der Waals surface area (Å²) in [5.74, 6) is 0.708. The van der Waals surface area contributed by atoms with Crippen LogP contribution in [-0.4, -0.2) is 55.1 Å². The Hall–Kier alpha value is -3.13. The standard InChI is InChI=1S/C20H24N4O4/c1-15(20(25)21-16-6-8-17(9-7-16)24(26)27)22-10-12-23(13-11-22)18-4-3-5-19(14-18)28-2/h3-9,14-15H,10-13H2,1-2H3,(H,21,25). The first kappa shape index (κ1) is 19.6. The number of nitrogens with one attached hydrogen (secondary N) is 1. The number of anilines is 2. The molecule has 1 heterocycles. The number of methoxy groups -OCH3 is 1. The normalized spacial score (nSPS) is 15.7. The number of ether oxygens (including phenoxy) is 1. The Kier molecular flexibility index (Phi) is 6.10. The number of hydrogen-bond donors (Lipinski definition) is 1. The van der Waals surface area contributed by atoms with Gasteiger partial charge in [0.15, 0.2) is 0 Å². The van der Waals surface area contributed by atoms with Crippen LogP contribution in [0.4, 0.5) is 17.1 Å². The van der Waals surface area contributed by atoms with Crippen molar-refractivity contribution in [2.24, 2.45) is 0 Å². The highest BCUT2D eigenvalue weighted by Crippen LogP contribution is 2.23. The zero-order chi connectivity index (χ0) is 20.1. The number of non-ortho nitro benzene ring substituents is 1. The third-order valence-electron chi connectivity index (χ3n) is 5.01. The lowest BCUT2D eigenvalue weighted by Gasteiger charge is -2.38. The van der Waals surface area contributed by atoms with E-state index in [0.29, 0.717) is 5.69 Å². The molecule has 1 unspecified atom stereocenters. The molecule has 2 aromatic rings. The van der Waals surface area contributed by atoms with Crippen LogP contribution in [0.1, 0.15) is 6.92 Å². The van der Waals surface area contributed by atoms with Crippen LogP contribution in [0, 0.1) is 10.1 Å². The molecule has 3 rings (SSSR count). The Morgan fingerprint density at radius 1 is 1.14 bits per heavy atom. The molecule has 0 aliphatic carbocycles. The van der Waals surface area contributed by atoms with Gasteiger partial charge in [-0.25, -0.2) is 0 Å². The van der Waals surface area contributed by atoms with Gasteiger partial charge in [-0.05, 0) is 31.2 Å². The van der Waals surface area contributed by atoms with Crippen LogP contribution >= 0.6 is 0 Å². The summed E-state index contributed by atoms with van der Waals surface area (Å²) in [5, 5.41) is 13.5. The van der Waals surface area contributed by atoms with E-state index in [1.165, 1.54) is 12.1 Å². The summed E-state index contributed by atoms with van der Waals surface area (Å²) >= 11 is 0. The zero-order valence-corrected chi connectivity index (χ0v) is 16.0. The van der Waals surface area contributed by atoms with Crippen molar-refractivity contribution in [1.82, 2.24) is 4.90 Å². The van der Waals surface area contributed by atoms with E-state index in [2.05, 4.69) is 21.2 Å². The van der Waals surface area contributed by atoms with Gasteiger partial charge in [0.05, 0.1) is 18.1 Å². The maximum absolute atomic E-state index is 12.5. The van der Waals surface area contributed by atoms with Crippen molar-refractivity contribution in [3.8, 4) is 5.75 Å². The van der Waals surface area contributed by atoms with Gasteiger partial charge in [0.2, 0.25) is 5.91 Å². The molecule has 0 saturated carbocycles. The number of rotatable bonds is 6. The second-order valence-corrected chi connectivity index (χ2v) is 6.69. The number of nitrogens with zero attached hydrogens (tertiary/aromatic N) is 3. The van der Waals surface area contributed by atoms with Crippen molar-refractivity contribution in [3.05, 3.63) is 58.6 Å². The van der Waals surface area contributed by atoms with E-state index in [9.17, 15) is 14.9 Å². The van der Waals surface area contributed by atoms with Crippen molar-refractivity contribution in [2.45, 2.75) is 13.0 Å². The fraction of sp³-hybridized carbons (Fsp3) is 0.350. The van der Waals surface area contributed by atoms with Crippen molar-refractivity contribution in [3.63, 3.8) is 0 Å². The Bertz CT molecular complexity index is 832. The SMILES string of the molecule is COc1cccc(N2CCN(C(C)C(=O)Nc3ccc([N+](=O)[O-])cc3)CC2)c1. The van der Waals surface area contributed by atoms with Gasteiger partial charge in [-0.15, -0.1) is 0 Å². The summed E-state index contributed by atoms with van der Waals surface area (Å²) in [6, 6.07) is 13.5. The van der Waals surface area contributed by atoms with E-state index in [1.54, 1.807) is 19.2 Å². The van der Waals surface area contributed by atoms with Gasteiger partial charge < -0.3 is 15.0 Å². The van der Waals surface area contributed by atoms with E-state index in [1.807, 2.05) is 25.1 Å². The number of benzene rings is 2. The molecule has 2 aromatic carbocycles. The molecule has 0 aromatic heterocycles. The molecule has 0 bridgehead atoms. The number of hydrogen-bond acceptors (Lipinski definition) is 6. The molecular weight excluding hydrogens is 360 g/mol. The number of nitro groups is 1. The smallest absolute Gasteiger partial charge is 0.269 e. The molecule has 1 aliphatic heterocycles. The van der Waals surface area contributed by atoms with E-state index < -0.39 is 4.92 Å². The Morgan fingerprint density at radius 2 is 1.82 bits per heavy atom. The minimum absolute atomic E-state index is 0.000267. The highest BCUT2D eigenvalue weighted by atomic mass is 16.6. The van der Waals surface area contributed by atoms with Crippen molar-refractivity contribution < 1.29 is 14.5 Å². The van der Waals surface area contributed by atoms with Gasteiger partial charge in [0.25, 0.3) is 5.69 Å². The predicted octanol–water partition coefficient (Wildman–Crippen LogP) is 2.75. The highest BCUT2D eigenvalue weighted by Gasteiger charge is 2.26. The van der Waals surface area contributed by atoms with E-state index in [0.717, 1.165) is 37.6 Å². The topological polar surface area (TPSA) is 88.0 Å². The lowest BCUT2D eigenvalue weighted by atomic mass is 10.2. The molecular formula is C20H24N4O4. The second kappa shape index (κ2) is 8.71. The van der Waals surface area contributed by atoms with Gasteiger partial charge in [0, 0.05) is 55.8 Å². The van der Waals surface area contributed by atoms with Crippen LogP contribution in [0.5, 0.6) is 5.75 Å². The fourth-order valence-electron chi connectivity index (χ4n) is 3.25. The van der Waals surface area contributed by atoms with Crippen LogP contribution in [0.25, 0.3) is 0 Å². The molecule has 1 atom stereocenters. The van der Waals surface area contributed by atoms with Gasteiger partial charge in [-0.1, -0.05) is 6.07 Å². The molecule has 1 N–H and O–H groups in total. The number of amides is 1. The van der Waals surface area contributed by atoms with E-state index in [-0.39, 0.29) is 17.6 Å². The minimum atomic E-state index is -0.462. The van der Waals surface area contributed by atoms with Crippen LogP contribution in [0.2, 0.25) is 0 Å². The van der Waals surface area contributed by atoms with Crippen LogP contribution in [-0.2, 0) is 4.79 Å². The van der Waals surface area contributed by atoms with Gasteiger partial charge >= 0.3 is 0 Å². The fourth-order valence-corrected chi connectivity index (χ4v) is 3.25. The quantitative estimate of drug-likeness (QED) is 0.609. The average Bonchev–Trinajstić information content (AvgIpc) is 2.73. The maximum atomic E-state index is 12.5. The maximum Gasteiger partial charge on any atom is 0.269 e. The molecule has 1 saturated heterocycles. The first-order valence-electron chi connectivity index (χ1n) is 9.16. The van der Waals surface area contributed by atoms with Crippen molar-refractivity contribution in [2.75, 3.05) is 43.5 Å². The number of piperazine rings is 1. The molecule has 1 amide bonds. The summed E-state index contributed by atoms with van der Waals surface area (Å²) in [7, 11) is 1.66. The first-order chi connectivity index (χ1) is 13.5. The van der Waals surface area contributed by atoms with Crippen molar-refractivity contribution >= 4 is 23.0 Å². The second-order valence-electron chi connectivity index (χ2n) is 6.69. The lowest BCUT2D eigenvalue weighted by molar-refractivity contribution is -0.384.